The summed E-state index contributed by atoms with van der Waals surface area (Å²) in [5.41, 5.74) is 8.51. The molecule has 1 amide bonds. The van der Waals surface area contributed by atoms with Gasteiger partial charge >= 0.3 is 0 Å². The number of aromatic nitrogens is 2. The lowest BCUT2D eigenvalue weighted by molar-refractivity contribution is -0.110. The standard InChI is InChI=1S/C12H10N4O/c13-7-1-2-10-8(5-7)9(12(17)16-10)6-11-14-3-4-15-11/h1-6H,13H2,(H,14,15)(H,16,17). The van der Waals surface area contributed by atoms with Crippen molar-refractivity contribution in [2.45, 2.75) is 0 Å². The Morgan fingerprint density at radius 1 is 1.35 bits per heavy atom. The average molecular weight is 226 g/mol. The van der Waals surface area contributed by atoms with E-state index >= 15 is 0 Å². The van der Waals surface area contributed by atoms with Crippen LogP contribution in [-0.4, -0.2) is 15.9 Å². The number of hydrogen-bond donors (Lipinski definition) is 3. The molecule has 0 aliphatic carbocycles. The fourth-order valence-electron chi connectivity index (χ4n) is 1.84. The number of nitrogens with one attached hydrogen (secondary N) is 2. The van der Waals surface area contributed by atoms with Gasteiger partial charge in [0.05, 0.1) is 5.57 Å². The lowest BCUT2D eigenvalue weighted by Crippen LogP contribution is -2.03. The number of carbonyl (C=O) groups excluding carboxylic acids is 1. The summed E-state index contributed by atoms with van der Waals surface area (Å²) in [5, 5.41) is 2.78. The maximum absolute atomic E-state index is 11.8. The molecule has 0 fully saturated rings. The molecule has 0 bridgehead atoms. The predicted molar refractivity (Wildman–Crippen MR) is 65.9 cm³/mol. The molecule has 0 spiro atoms. The summed E-state index contributed by atoms with van der Waals surface area (Å²) in [7, 11) is 0. The predicted octanol–water partition coefficient (Wildman–Crippen LogP) is 1.48. The molecule has 1 aliphatic rings. The third kappa shape index (κ3) is 1.57. The molecule has 0 unspecified atom stereocenters. The van der Waals surface area contributed by atoms with E-state index in [1.165, 1.54) is 0 Å². The number of amides is 1. The molecule has 17 heavy (non-hydrogen) atoms. The van der Waals surface area contributed by atoms with Crippen LogP contribution in [0.2, 0.25) is 0 Å². The molecule has 0 radical (unpaired) electrons. The number of rotatable bonds is 1. The Balaban J connectivity index is 2.13. The van der Waals surface area contributed by atoms with Gasteiger partial charge in [-0.05, 0) is 24.3 Å². The number of nitrogens with zero attached hydrogens (tertiary/aromatic N) is 1. The minimum Gasteiger partial charge on any atom is -0.399 e. The number of nitrogen functional groups attached to an aromatic ring is 1. The van der Waals surface area contributed by atoms with Crippen molar-refractivity contribution in [1.82, 2.24) is 9.97 Å². The molecule has 3 rings (SSSR count). The van der Waals surface area contributed by atoms with Crippen molar-refractivity contribution in [3.63, 3.8) is 0 Å². The summed E-state index contributed by atoms with van der Waals surface area (Å²) in [6.45, 7) is 0. The van der Waals surface area contributed by atoms with Gasteiger partial charge in [0.15, 0.2) is 0 Å². The summed E-state index contributed by atoms with van der Waals surface area (Å²) in [4.78, 5) is 18.8. The number of benzene rings is 1. The second-order valence-electron chi connectivity index (χ2n) is 3.79. The van der Waals surface area contributed by atoms with Crippen molar-refractivity contribution in [2.24, 2.45) is 0 Å². The molecule has 5 nitrogen and oxygen atoms in total. The summed E-state index contributed by atoms with van der Waals surface area (Å²) >= 11 is 0. The van der Waals surface area contributed by atoms with E-state index in [1.54, 1.807) is 36.7 Å². The van der Waals surface area contributed by atoms with Crippen LogP contribution in [0.1, 0.15) is 11.4 Å². The van der Waals surface area contributed by atoms with E-state index in [-0.39, 0.29) is 5.91 Å². The van der Waals surface area contributed by atoms with Crippen molar-refractivity contribution in [2.75, 3.05) is 11.1 Å². The highest BCUT2D eigenvalue weighted by atomic mass is 16.2. The first-order valence-corrected chi connectivity index (χ1v) is 5.16. The first-order chi connectivity index (χ1) is 8.24. The first kappa shape index (κ1) is 9.65. The molecule has 0 atom stereocenters. The maximum atomic E-state index is 11.8. The van der Waals surface area contributed by atoms with Gasteiger partial charge in [0, 0.05) is 29.3 Å². The van der Waals surface area contributed by atoms with E-state index in [0.29, 0.717) is 17.1 Å². The van der Waals surface area contributed by atoms with Crippen molar-refractivity contribution < 1.29 is 4.79 Å². The quantitative estimate of drug-likeness (QED) is 0.508. The second kappa shape index (κ2) is 3.48. The molecule has 0 saturated heterocycles. The van der Waals surface area contributed by atoms with Crippen LogP contribution in [0.5, 0.6) is 0 Å². The number of hydrogen-bond acceptors (Lipinski definition) is 3. The average Bonchev–Trinajstić information content (AvgIpc) is 2.90. The van der Waals surface area contributed by atoms with Crippen LogP contribution >= 0.6 is 0 Å². The molecule has 84 valence electrons. The number of fused-ring (bicyclic) bond motifs is 1. The summed E-state index contributed by atoms with van der Waals surface area (Å²) in [6, 6.07) is 5.34. The number of anilines is 2. The van der Waals surface area contributed by atoms with Gasteiger partial charge in [-0.3, -0.25) is 4.79 Å². The Morgan fingerprint density at radius 3 is 3.00 bits per heavy atom. The van der Waals surface area contributed by atoms with Crippen LogP contribution in [0, 0.1) is 0 Å². The van der Waals surface area contributed by atoms with Crippen LogP contribution < -0.4 is 11.1 Å². The summed E-state index contributed by atoms with van der Waals surface area (Å²) in [5.74, 6) is 0.507. The highest BCUT2D eigenvalue weighted by molar-refractivity contribution is 6.34. The van der Waals surface area contributed by atoms with Gasteiger partial charge in [0.2, 0.25) is 0 Å². The van der Waals surface area contributed by atoms with E-state index in [2.05, 4.69) is 15.3 Å². The third-order valence-electron chi connectivity index (χ3n) is 2.63. The van der Waals surface area contributed by atoms with E-state index in [4.69, 9.17) is 5.73 Å². The first-order valence-electron chi connectivity index (χ1n) is 5.16. The van der Waals surface area contributed by atoms with Gasteiger partial charge < -0.3 is 16.0 Å². The number of aromatic amines is 1. The Morgan fingerprint density at radius 2 is 2.24 bits per heavy atom. The highest BCUT2D eigenvalue weighted by Crippen LogP contribution is 2.33. The van der Waals surface area contributed by atoms with Gasteiger partial charge in [-0.25, -0.2) is 4.98 Å². The number of nitrogens with two attached hydrogens (primary N) is 1. The van der Waals surface area contributed by atoms with Crippen molar-refractivity contribution in [3.05, 3.63) is 42.0 Å². The number of H-pyrrole nitrogens is 1. The van der Waals surface area contributed by atoms with Gasteiger partial charge in [-0.2, -0.15) is 0 Å². The Labute approximate surface area is 97.4 Å². The third-order valence-corrected chi connectivity index (χ3v) is 2.63. The van der Waals surface area contributed by atoms with E-state index in [9.17, 15) is 4.79 Å². The zero-order chi connectivity index (χ0) is 11.8. The molecule has 0 saturated carbocycles. The minimum atomic E-state index is -0.137. The fraction of sp³-hybridized carbons (Fsp3) is 0. The van der Waals surface area contributed by atoms with E-state index in [1.807, 2.05) is 0 Å². The largest absolute Gasteiger partial charge is 0.399 e. The fourth-order valence-corrected chi connectivity index (χ4v) is 1.84. The summed E-state index contributed by atoms with van der Waals surface area (Å²) < 4.78 is 0. The SMILES string of the molecule is Nc1ccc2c(c1)C(=Cc1ncc[nH]1)C(=O)N2. The van der Waals surface area contributed by atoms with Crippen LogP contribution in [0.3, 0.4) is 0 Å². The second-order valence-corrected chi connectivity index (χ2v) is 3.79. The molecule has 5 heteroatoms. The lowest BCUT2D eigenvalue weighted by Gasteiger charge is -1.99. The van der Waals surface area contributed by atoms with Gasteiger partial charge in [-0.15, -0.1) is 0 Å². The number of imidazole rings is 1. The molecule has 1 aromatic heterocycles. The van der Waals surface area contributed by atoms with E-state index in [0.717, 1.165) is 11.3 Å². The highest BCUT2D eigenvalue weighted by Gasteiger charge is 2.24. The molecule has 2 aromatic rings. The van der Waals surface area contributed by atoms with Crippen LogP contribution in [0.15, 0.2) is 30.6 Å². The van der Waals surface area contributed by atoms with Gasteiger partial charge in [-0.1, -0.05) is 0 Å². The number of carbonyl (C=O) groups is 1. The smallest absolute Gasteiger partial charge is 0.256 e. The van der Waals surface area contributed by atoms with Crippen LogP contribution in [-0.2, 0) is 4.79 Å². The van der Waals surface area contributed by atoms with Gasteiger partial charge in [0.1, 0.15) is 5.82 Å². The van der Waals surface area contributed by atoms with Crippen molar-refractivity contribution in [1.29, 1.82) is 0 Å². The van der Waals surface area contributed by atoms with Crippen molar-refractivity contribution in [3.8, 4) is 0 Å². The van der Waals surface area contributed by atoms with Crippen molar-refractivity contribution >= 4 is 28.9 Å². The monoisotopic (exact) mass is 226 g/mol. The van der Waals surface area contributed by atoms with E-state index < -0.39 is 0 Å². The van der Waals surface area contributed by atoms with Crippen LogP contribution in [0.25, 0.3) is 11.6 Å². The Hall–Kier alpha value is -2.56. The molecule has 4 N–H and O–H groups in total. The molecular weight excluding hydrogens is 216 g/mol. The minimum absolute atomic E-state index is 0.137. The zero-order valence-electron chi connectivity index (χ0n) is 8.90. The Bertz CT molecular complexity index is 613. The van der Waals surface area contributed by atoms with Crippen LogP contribution in [0.4, 0.5) is 11.4 Å². The topological polar surface area (TPSA) is 83.8 Å². The normalized spacial score (nSPS) is 16.0. The molecule has 2 heterocycles. The zero-order valence-corrected chi connectivity index (χ0v) is 8.90. The molecule has 1 aliphatic heterocycles. The Kier molecular flexibility index (Phi) is 1.98. The summed E-state index contributed by atoms with van der Waals surface area (Å²) in [6.07, 6.45) is 5.06. The lowest BCUT2D eigenvalue weighted by atomic mass is 10.1. The molecule has 1 aromatic carbocycles. The van der Waals surface area contributed by atoms with Gasteiger partial charge in [0.25, 0.3) is 5.91 Å². The molecular formula is C12H10N4O. The maximum Gasteiger partial charge on any atom is 0.256 e.